The summed E-state index contributed by atoms with van der Waals surface area (Å²) in [7, 11) is 0. The van der Waals surface area contributed by atoms with E-state index in [1.54, 1.807) is 0 Å². The highest BCUT2D eigenvalue weighted by molar-refractivity contribution is 9.10. The molecule has 1 aromatic carbocycles. The fourth-order valence-corrected chi connectivity index (χ4v) is 3.82. The van der Waals surface area contributed by atoms with Crippen LogP contribution in [-0.4, -0.2) is 9.55 Å². The van der Waals surface area contributed by atoms with Gasteiger partial charge in [-0.1, -0.05) is 40.4 Å². The molecule has 0 spiro atoms. The molecule has 1 saturated carbocycles. The molecule has 4 heteroatoms. The molecule has 2 nitrogen and oxygen atoms in total. The molecular formula is C15H16BrClN2. The van der Waals surface area contributed by atoms with Crippen molar-refractivity contribution in [1.29, 1.82) is 0 Å². The Bertz CT molecular complexity index is 553. The Morgan fingerprint density at radius 2 is 2.05 bits per heavy atom. The lowest BCUT2D eigenvalue weighted by molar-refractivity contribution is 0.501. The maximum atomic E-state index is 6.10. The number of halogens is 2. The van der Waals surface area contributed by atoms with Crippen molar-refractivity contribution in [1.82, 2.24) is 9.55 Å². The summed E-state index contributed by atoms with van der Waals surface area (Å²) < 4.78 is 3.37. The topological polar surface area (TPSA) is 17.8 Å². The molecule has 2 aromatic rings. The van der Waals surface area contributed by atoms with E-state index in [0.717, 1.165) is 21.7 Å². The van der Waals surface area contributed by atoms with Crippen molar-refractivity contribution in [3.05, 3.63) is 51.5 Å². The Hall–Kier alpha value is -0.800. The number of hydrogen-bond donors (Lipinski definition) is 0. The lowest BCUT2D eigenvalue weighted by Crippen LogP contribution is -2.08. The first-order valence-electron chi connectivity index (χ1n) is 6.69. The molecule has 0 unspecified atom stereocenters. The number of benzene rings is 1. The summed E-state index contributed by atoms with van der Waals surface area (Å²) in [6.07, 6.45) is 10.1. The van der Waals surface area contributed by atoms with Crippen molar-refractivity contribution < 1.29 is 0 Å². The molecule has 0 amide bonds. The van der Waals surface area contributed by atoms with E-state index in [1.807, 2.05) is 18.3 Å². The molecule has 0 saturated heterocycles. The summed E-state index contributed by atoms with van der Waals surface area (Å²) in [6, 6.07) is 6.67. The van der Waals surface area contributed by atoms with Gasteiger partial charge in [0.1, 0.15) is 5.82 Å². The summed E-state index contributed by atoms with van der Waals surface area (Å²) in [6.45, 7) is 0. The van der Waals surface area contributed by atoms with Gasteiger partial charge in [-0.15, -0.1) is 0 Å². The van der Waals surface area contributed by atoms with E-state index in [2.05, 4.69) is 37.7 Å². The predicted molar refractivity (Wildman–Crippen MR) is 81.7 cm³/mol. The zero-order chi connectivity index (χ0) is 13.2. The van der Waals surface area contributed by atoms with Gasteiger partial charge in [0.2, 0.25) is 0 Å². The zero-order valence-electron chi connectivity index (χ0n) is 10.6. The van der Waals surface area contributed by atoms with Crippen LogP contribution in [-0.2, 0) is 6.42 Å². The Kier molecular flexibility index (Phi) is 3.94. The van der Waals surface area contributed by atoms with Crippen molar-refractivity contribution in [2.45, 2.75) is 38.1 Å². The van der Waals surface area contributed by atoms with Crippen LogP contribution in [0.4, 0.5) is 0 Å². The minimum atomic E-state index is 0.639. The summed E-state index contributed by atoms with van der Waals surface area (Å²) in [5.74, 6) is 1.14. The molecule has 1 aliphatic rings. The van der Waals surface area contributed by atoms with Crippen LogP contribution < -0.4 is 0 Å². The number of nitrogens with zero attached hydrogens (tertiary/aromatic N) is 2. The minimum absolute atomic E-state index is 0.639. The van der Waals surface area contributed by atoms with Crippen LogP contribution >= 0.6 is 27.5 Å². The van der Waals surface area contributed by atoms with Crippen LogP contribution in [0.3, 0.4) is 0 Å². The predicted octanol–water partition coefficient (Wildman–Crippen LogP) is 5.00. The molecule has 0 N–H and O–H groups in total. The largest absolute Gasteiger partial charge is 0.332 e. The first-order valence-corrected chi connectivity index (χ1v) is 7.86. The van der Waals surface area contributed by atoms with Crippen LogP contribution in [0.25, 0.3) is 0 Å². The van der Waals surface area contributed by atoms with Gasteiger partial charge in [0, 0.05) is 34.4 Å². The third kappa shape index (κ3) is 3.03. The average molecular weight is 340 g/mol. The van der Waals surface area contributed by atoms with Gasteiger partial charge in [-0.05, 0) is 36.6 Å². The fourth-order valence-electron chi connectivity index (χ4n) is 2.89. The van der Waals surface area contributed by atoms with Gasteiger partial charge >= 0.3 is 0 Å². The lowest BCUT2D eigenvalue weighted by Gasteiger charge is -2.15. The van der Waals surface area contributed by atoms with E-state index in [9.17, 15) is 0 Å². The SMILES string of the molecule is Clc1cc(Br)cc(Cc2nccn2C2CCCC2)c1. The number of rotatable bonds is 3. The highest BCUT2D eigenvalue weighted by Gasteiger charge is 2.19. The van der Waals surface area contributed by atoms with Gasteiger partial charge in [0.05, 0.1) is 0 Å². The number of imidazole rings is 1. The average Bonchev–Trinajstić information content (AvgIpc) is 2.96. The van der Waals surface area contributed by atoms with Crippen LogP contribution in [0.5, 0.6) is 0 Å². The Morgan fingerprint density at radius 3 is 2.79 bits per heavy atom. The second-order valence-electron chi connectivity index (χ2n) is 5.14. The molecule has 0 bridgehead atoms. The van der Waals surface area contributed by atoms with Gasteiger partial charge in [-0.25, -0.2) is 4.98 Å². The van der Waals surface area contributed by atoms with E-state index >= 15 is 0 Å². The van der Waals surface area contributed by atoms with E-state index in [-0.39, 0.29) is 0 Å². The van der Waals surface area contributed by atoms with Crippen molar-refractivity contribution in [3.63, 3.8) is 0 Å². The van der Waals surface area contributed by atoms with E-state index < -0.39 is 0 Å². The molecule has 100 valence electrons. The maximum Gasteiger partial charge on any atom is 0.113 e. The molecular weight excluding hydrogens is 324 g/mol. The standard InChI is InChI=1S/C15H16BrClN2/c16-12-7-11(8-13(17)10-12)9-15-18-5-6-19(15)14-3-1-2-4-14/h5-8,10,14H,1-4,9H2. The summed E-state index contributed by atoms with van der Waals surface area (Å²) in [4.78, 5) is 4.52. The number of hydrogen-bond acceptors (Lipinski definition) is 1. The molecule has 19 heavy (non-hydrogen) atoms. The molecule has 1 aromatic heterocycles. The first kappa shape index (κ1) is 13.2. The molecule has 1 aliphatic carbocycles. The highest BCUT2D eigenvalue weighted by Crippen LogP contribution is 2.31. The van der Waals surface area contributed by atoms with Crippen molar-refractivity contribution in [2.75, 3.05) is 0 Å². The van der Waals surface area contributed by atoms with Gasteiger partial charge in [-0.2, -0.15) is 0 Å². The summed E-state index contributed by atoms with van der Waals surface area (Å²) in [5, 5.41) is 0.767. The van der Waals surface area contributed by atoms with Gasteiger partial charge < -0.3 is 4.57 Å². The Morgan fingerprint density at radius 1 is 1.26 bits per heavy atom. The third-order valence-electron chi connectivity index (χ3n) is 3.75. The van der Waals surface area contributed by atoms with Crippen molar-refractivity contribution in [3.8, 4) is 0 Å². The normalized spacial score (nSPS) is 16.1. The Labute approximate surface area is 126 Å². The number of aromatic nitrogens is 2. The van der Waals surface area contributed by atoms with Crippen LogP contribution in [0.1, 0.15) is 43.1 Å². The van der Waals surface area contributed by atoms with Crippen molar-refractivity contribution in [2.24, 2.45) is 0 Å². The van der Waals surface area contributed by atoms with Gasteiger partial charge in [-0.3, -0.25) is 0 Å². The van der Waals surface area contributed by atoms with Crippen molar-refractivity contribution >= 4 is 27.5 Å². The second kappa shape index (κ2) is 5.68. The maximum absolute atomic E-state index is 6.10. The van der Waals surface area contributed by atoms with Crippen LogP contribution in [0, 0.1) is 0 Å². The molecule has 0 radical (unpaired) electrons. The van der Waals surface area contributed by atoms with Crippen LogP contribution in [0.15, 0.2) is 35.1 Å². The third-order valence-corrected chi connectivity index (χ3v) is 4.43. The second-order valence-corrected chi connectivity index (χ2v) is 6.50. The molecule has 0 aliphatic heterocycles. The summed E-state index contributed by atoms with van der Waals surface area (Å²) in [5.41, 5.74) is 1.20. The first-order chi connectivity index (χ1) is 9.22. The summed E-state index contributed by atoms with van der Waals surface area (Å²) >= 11 is 9.59. The molecule has 0 atom stereocenters. The van der Waals surface area contributed by atoms with Gasteiger partial charge in [0.15, 0.2) is 0 Å². The molecule has 1 fully saturated rings. The smallest absolute Gasteiger partial charge is 0.113 e. The fraction of sp³-hybridized carbons (Fsp3) is 0.400. The lowest BCUT2D eigenvalue weighted by atomic mass is 10.1. The quantitative estimate of drug-likeness (QED) is 0.769. The van der Waals surface area contributed by atoms with E-state index in [1.165, 1.54) is 31.2 Å². The van der Waals surface area contributed by atoms with E-state index in [4.69, 9.17) is 11.6 Å². The van der Waals surface area contributed by atoms with Crippen LogP contribution in [0.2, 0.25) is 5.02 Å². The molecule has 3 rings (SSSR count). The van der Waals surface area contributed by atoms with E-state index in [0.29, 0.717) is 6.04 Å². The molecule has 1 heterocycles. The monoisotopic (exact) mass is 338 g/mol. The van der Waals surface area contributed by atoms with Gasteiger partial charge in [0.25, 0.3) is 0 Å². The Balaban J connectivity index is 1.85. The minimum Gasteiger partial charge on any atom is -0.332 e. The highest BCUT2D eigenvalue weighted by atomic mass is 79.9. The zero-order valence-corrected chi connectivity index (χ0v) is 13.0.